The van der Waals surface area contributed by atoms with E-state index in [1.165, 1.54) is 89.9 Å². The number of unbranched alkanes of at least 4 members (excludes halogenated alkanes) is 13. The first-order chi connectivity index (χ1) is 20.8. The zero-order valence-electron chi connectivity index (χ0n) is 30.1. The molecule has 3 nitrogen and oxygen atoms in total. The van der Waals surface area contributed by atoms with Gasteiger partial charge in [0.25, 0.3) is 0 Å². The molecule has 0 aliphatic heterocycles. The molecule has 0 aromatic rings. The fourth-order valence-electron chi connectivity index (χ4n) is 5.67. The number of nitrogens with zero attached hydrogens (tertiary/aromatic N) is 1. The number of ether oxygens (including phenoxy) is 1. The van der Waals surface area contributed by atoms with Gasteiger partial charge in [-0.2, -0.15) is 0 Å². The van der Waals surface area contributed by atoms with Gasteiger partial charge in [-0.05, 0) is 115 Å². The van der Waals surface area contributed by atoms with Gasteiger partial charge >= 0.3 is 5.97 Å². The largest absolute Gasteiger partial charge is 0.462 e. The minimum atomic E-state index is 0.0261. The first-order valence-electron chi connectivity index (χ1n) is 18.8. The number of quaternary nitrogens is 1. The molecule has 0 aliphatic rings. The first kappa shape index (κ1) is 41.7. The maximum absolute atomic E-state index is 13.1. The second kappa shape index (κ2) is 30.7. The zero-order valence-corrected chi connectivity index (χ0v) is 30.1. The fourth-order valence-corrected chi connectivity index (χ4v) is 5.67. The highest BCUT2D eigenvalue weighted by Crippen LogP contribution is 2.27. The summed E-state index contributed by atoms with van der Waals surface area (Å²) in [5, 5.41) is 0. The third-order valence-corrected chi connectivity index (χ3v) is 8.44. The van der Waals surface area contributed by atoms with Crippen molar-refractivity contribution in [3.8, 4) is 0 Å². The molecule has 0 radical (unpaired) electrons. The molecule has 3 heteroatoms. The normalized spacial score (nSPS) is 13.3. The Balaban J connectivity index is 5.18. The standard InChI is InChI=1S/C40H76NO2/c1-7-10-13-16-19-22-25-28-33-38(34-29-26-23-20-17-14-11-8-2)39(35-30-27-24-21-18-15-12-9-3)43-40(42)36-31-32-37-41(4,5)6/h19-24,38-39H,7-18,25-37H2,1-6H3/q+1/b22-19-,23-20-,24-21-. The molecule has 0 aliphatic carbocycles. The smallest absolute Gasteiger partial charge is 0.306 e. The number of allylic oxidation sites excluding steroid dienone is 6. The van der Waals surface area contributed by atoms with Crippen molar-refractivity contribution in [2.75, 3.05) is 27.7 Å². The maximum Gasteiger partial charge on any atom is 0.306 e. The number of carbonyl (C=O) groups is 1. The fraction of sp³-hybridized carbons (Fsp3) is 0.825. The highest BCUT2D eigenvalue weighted by molar-refractivity contribution is 5.69. The molecular formula is C40H76NO2+. The van der Waals surface area contributed by atoms with Crippen LogP contribution in [-0.4, -0.2) is 44.2 Å². The molecule has 0 heterocycles. The third-order valence-electron chi connectivity index (χ3n) is 8.44. The summed E-state index contributed by atoms with van der Waals surface area (Å²) in [4.78, 5) is 13.1. The summed E-state index contributed by atoms with van der Waals surface area (Å²) in [6.07, 6.45) is 42.4. The molecule has 43 heavy (non-hydrogen) atoms. The van der Waals surface area contributed by atoms with Crippen LogP contribution in [0.4, 0.5) is 0 Å². The molecule has 0 fully saturated rings. The molecule has 252 valence electrons. The average Bonchev–Trinajstić information content (AvgIpc) is 2.97. The van der Waals surface area contributed by atoms with Crippen LogP contribution >= 0.6 is 0 Å². The van der Waals surface area contributed by atoms with Crippen molar-refractivity contribution in [2.24, 2.45) is 5.92 Å². The lowest BCUT2D eigenvalue weighted by molar-refractivity contribution is -0.870. The van der Waals surface area contributed by atoms with E-state index in [1.54, 1.807) is 0 Å². The zero-order chi connectivity index (χ0) is 31.9. The molecule has 1 atom stereocenters. The predicted octanol–water partition coefficient (Wildman–Crippen LogP) is 12.3. The summed E-state index contributed by atoms with van der Waals surface area (Å²) in [5.41, 5.74) is 0. The molecule has 1 unspecified atom stereocenters. The van der Waals surface area contributed by atoms with Gasteiger partial charge in [0.2, 0.25) is 0 Å². The quantitative estimate of drug-likeness (QED) is 0.0341. The van der Waals surface area contributed by atoms with E-state index in [0.717, 1.165) is 68.8 Å². The molecule has 0 N–H and O–H groups in total. The van der Waals surface area contributed by atoms with Crippen molar-refractivity contribution in [1.29, 1.82) is 0 Å². The summed E-state index contributed by atoms with van der Waals surface area (Å²) in [5.74, 6) is 0.490. The van der Waals surface area contributed by atoms with E-state index >= 15 is 0 Å². The molecule has 0 amide bonds. The van der Waals surface area contributed by atoms with E-state index in [4.69, 9.17) is 4.74 Å². The molecule has 0 saturated heterocycles. The summed E-state index contributed by atoms with van der Waals surface area (Å²) < 4.78 is 7.30. The Kier molecular flexibility index (Phi) is 29.7. The van der Waals surface area contributed by atoms with Gasteiger partial charge in [0.1, 0.15) is 6.10 Å². The third kappa shape index (κ3) is 30.5. The van der Waals surface area contributed by atoms with Gasteiger partial charge in [0.05, 0.1) is 27.7 Å². The molecule has 0 aromatic carbocycles. The van der Waals surface area contributed by atoms with E-state index in [0.29, 0.717) is 12.3 Å². The van der Waals surface area contributed by atoms with Gasteiger partial charge in [-0.15, -0.1) is 0 Å². The second-order valence-corrected chi connectivity index (χ2v) is 14.0. The number of rotatable bonds is 31. The number of hydrogen-bond donors (Lipinski definition) is 0. The van der Waals surface area contributed by atoms with Crippen LogP contribution in [0.2, 0.25) is 0 Å². The average molecular weight is 603 g/mol. The van der Waals surface area contributed by atoms with Crippen LogP contribution in [-0.2, 0) is 9.53 Å². The molecule has 0 saturated carbocycles. The second-order valence-electron chi connectivity index (χ2n) is 14.0. The summed E-state index contributed by atoms with van der Waals surface area (Å²) in [6.45, 7) is 7.90. The van der Waals surface area contributed by atoms with Crippen LogP contribution < -0.4 is 0 Å². The van der Waals surface area contributed by atoms with E-state index in [2.05, 4.69) is 78.4 Å². The Morgan fingerprint density at radius 2 is 0.930 bits per heavy atom. The summed E-state index contributed by atoms with van der Waals surface area (Å²) >= 11 is 0. The Hall–Kier alpha value is -1.35. The van der Waals surface area contributed by atoms with Crippen molar-refractivity contribution in [3.63, 3.8) is 0 Å². The number of esters is 1. The SMILES string of the molecule is CCCCC/C=C\CCCC(CCC/C=C\CCCCC)C(CCC/C=C\CCCCC)OC(=O)CCCC[N+](C)(C)C. The number of hydrogen-bond acceptors (Lipinski definition) is 2. The van der Waals surface area contributed by atoms with Crippen LogP contribution in [0.3, 0.4) is 0 Å². The van der Waals surface area contributed by atoms with Crippen molar-refractivity contribution in [2.45, 2.75) is 181 Å². The first-order valence-corrected chi connectivity index (χ1v) is 18.8. The Morgan fingerprint density at radius 3 is 1.33 bits per heavy atom. The van der Waals surface area contributed by atoms with Crippen molar-refractivity contribution >= 4 is 5.97 Å². The summed E-state index contributed by atoms with van der Waals surface area (Å²) in [7, 11) is 6.66. The monoisotopic (exact) mass is 603 g/mol. The van der Waals surface area contributed by atoms with Crippen molar-refractivity contribution in [3.05, 3.63) is 36.5 Å². The van der Waals surface area contributed by atoms with E-state index < -0.39 is 0 Å². The summed E-state index contributed by atoms with van der Waals surface area (Å²) in [6, 6.07) is 0. The number of carbonyl (C=O) groups excluding carboxylic acids is 1. The van der Waals surface area contributed by atoms with E-state index in [9.17, 15) is 4.79 Å². The van der Waals surface area contributed by atoms with Crippen LogP contribution in [0, 0.1) is 5.92 Å². The van der Waals surface area contributed by atoms with Crippen LogP contribution in [0.5, 0.6) is 0 Å². The maximum atomic E-state index is 13.1. The minimum Gasteiger partial charge on any atom is -0.462 e. The Labute approximate surface area is 270 Å². The molecule has 0 aromatic heterocycles. The molecular weight excluding hydrogens is 526 g/mol. The molecule has 0 spiro atoms. The van der Waals surface area contributed by atoms with E-state index in [-0.39, 0.29) is 12.1 Å². The van der Waals surface area contributed by atoms with Gasteiger partial charge in [0, 0.05) is 6.42 Å². The molecule has 0 rings (SSSR count). The molecule has 0 bridgehead atoms. The highest BCUT2D eigenvalue weighted by Gasteiger charge is 2.24. The lowest BCUT2D eigenvalue weighted by atomic mass is 9.87. The van der Waals surface area contributed by atoms with Crippen LogP contribution in [0.25, 0.3) is 0 Å². The van der Waals surface area contributed by atoms with Gasteiger partial charge < -0.3 is 9.22 Å². The van der Waals surface area contributed by atoms with Crippen LogP contribution in [0.1, 0.15) is 175 Å². The lowest BCUT2D eigenvalue weighted by Gasteiger charge is -2.28. The van der Waals surface area contributed by atoms with Crippen LogP contribution in [0.15, 0.2) is 36.5 Å². The van der Waals surface area contributed by atoms with Gasteiger partial charge in [-0.1, -0.05) is 95.8 Å². The topological polar surface area (TPSA) is 26.3 Å². The van der Waals surface area contributed by atoms with Crippen molar-refractivity contribution in [1.82, 2.24) is 0 Å². The van der Waals surface area contributed by atoms with Gasteiger partial charge in [-0.3, -0.25) is 4.79 Å². The van der Waals surface area contributed by atoms with Gasteiger partial charge in [-0.25, -0.2) is 0 Å². The Morgan fingerprint density at radius 1 is 0.535 bits per heavy atom. The van der Waals surface area contributed by atoms with E-state index in [1.807, 2.05) is 0 Å². The van der Waals surface area contributed by atoms with Crippen molar-refractivity contribution < 1.29 is 14.0 Å². The highest BCUT2D eigenvalue weighted by atomic mass is 16.5. The van der Waals surface area contributed by atoms with Gasteiger partial charge in [0.15, 0.2) is 0 Å². The predicted molar refractivity (Wildman–Crippen MR) is 192 cm³/mol. The Bertz CT molecular complexity index is 661. The lowest BCUT2D eigenvalue weighted by Crippen LogP contribution is -2.35. The minimum absolute atomic E-state index is 0.0261.